The third-order valence-corrected chi connectivity index (χ3v) is 4.78. The fraction of sp³-hybridized carbons (Fsp3) is 0.192. The minimum atomic E-state index is -0.340. The van der Waals surface area contributed by atoms with Gasteiger partial charge in [0.2, 0.25) is 11.8 Å². The fourth-order valence-electron chi connectivity index (χ4n) is 3.27. The van der Waals surface area contributed by atoms with Crippen molar-refractivity contribution in [3.05, 3.63) is 94.8 Å². The van der Waals surface area contributed by atoms with E-state index in [1.54, 1.807) is 12.3 Å². The van der Waals surface area contributed by atoms with E-state index in [0.717, 1.165) is 39.4 Å². The van der Waals surface area contributed by atoms with Gasteiger partial charge in [-0.25, -0.2) is 0 Å². The van der Waals surface area contributed by atoms with Gasteiger partial charge in [-0.1, -0.05) is 35.9 Å². The predicted octanol–water partition coefficient (Wildman–Crippen LogP) is 4.35. The Morgan fingerprint density at radius 2 is 1.72 bits per heavy atom. The van der Waals surface area contributed by atoms with Crippen LogP contribution in [-0.4, -0.2) is 23.3 Å². The Labute approximate surface area is 188 Å². The lowest BCUT2D eigenvalue weighted by molar-refractivity contribution is -0.121. The third-order valence-electron chi connectivity index (χ3n) is 4.78. The normalized spacial score (nSPS) is 10.7. The number of hydrogen-bond donors (Lipinski definition) is 2. The van der Waals surface area contributed by atoms with Crippen LogP contribution in [0.4, 0.5) is 5.69 Å². The molecular formula is C26H27N3O3. The molecule has 164 valence electrons. The van der Waals surface area contributed by atoms with Gasteiger partial charge in [0.15, 0.2) is 0 Å². The molecule has 2 amide bonds. The fourth-order valence-corrected chi connectivity index (χ4v) is 3.27. The highest BCUT2D eigenvalue weighted by molar-refractivity contribution is 5.98. The van der Waals surface area contributed by atoms with Gasteiger partial charge in [-0.05, 0) is 67.8 Å². The van der Waals surface area contributed by atoms with Crippen LogP contribution in [0, 0.1) is 20.8 Å². The Morgan fingerprint density at radius 1 is 1.00 bits per heavy atom. The molecule has 0 spiro atoms. The molecule has 0 aliphatic heterocycles. The van der Waals surface area contributed by atoms with Crippen molar-refractivity contribution in [1.82, 2.24) is 10.3 Å². The lowest BCUT2D eigenvalue weighted by Crippen LogP contribution is -2.32. The summed E-state index contributed by atoms with van der Waals surface area (Å²) >= 11 is 0. The van der Waals surface area contributed by atoms with Crippen LogP contribution in [-0.2, 0) is 16.2 Å². The first kappa shape index (κ1) is 22.7. The molecule has 0 radical (unpaired) electrons. The summed E-state index contributed by atoms with van der Waals surface area (Å²) < 4.78 is 5.70. The molecule has 0 atom stereocenters. The number of ether oxygens (including phenoxy) is 1. The van der Waals surface area contributed by atoms with E-state index >= 15 is 0 Å². The van der Waals surface area contributed by atoms with Gasteiger partial charge in [-0.2, -0.15) is 0 Å². The average molecular weight is 430 g/mol. The molecule has 0 bridgehead atoms. The summed E-state index contributed by atoms with van der Waals surface area (Å²) in [6, 6.07) is 17.1. The number of anilines is 1. The maximum Gasteiger partial charge on any atom is 0.244 e. The van der Waals surface area contributed by atoms with Crippen LogP contribution in [0.3, 0.4) is 0 Å². The van der Waals surface area contributed by atoms with Crippen molar-refractivity contribution in [2.24, 2.45) is 0 Å². The Morgan fingerprint density at radius 3 is 2.38 bits per heavy atom. The molecule has 3 rings (SSSR count). The van der Waals surface area contributed by atoms with Crippen molar-refractivity contribution < 1.29 is 14.3 Å². The summed E-state index contributed by atoms with van der Waals surface area (Å²) in [4.78, 5) is 28.5. The Kier molecular flexibility index (Phi) is 7.75. The van der Waals surface area contributed by atoms with Crippen LogP contribution in [0.1, 0.15) is 27.9 Å². The minimum absolute atomic E-state index is 0.101. The summed E-state index contributed by atoms with van der Waals surface area (Å²) in [5.41, 5.74) is 5.62. The molecule has 2 N–H and O–H groups in total. The van der Waals surface area contributed by atoms with Gasteiger partial charge in [0.25, 0.3) is 0 Å². The number of benzene rings is 2. The van der Waals surface area contributed by atoms with Crippen molar-refractivity contribution in [3.63, 3.8) is 0 Å². The predicted molar refractivity (Wildman–Crippen MR) is 126 cm³/mol. The van der Waals surface area contributed by atoms with Crippen LogP contribution < -0.4 is 15.4 Å². The van der Waals surface area contributed by atoms with Crippen LogP contribution >= 0.6 is 0 Å². The zero-order valence-electron chi connectivity index (χ0n) is 18.5. The average Bonchev–Trinajstić information content (AvgIpc) is 2.78. The molecule has 2 aromatic carbocycles. The van der Waals surface area contributed by atoms with Gasteiger partial charge in [0, 0.05) is 18.0 Å². The Hall–Kier alpha value is -3.93. The molecule has 0 saturated carbocycles. The van der Waals surface area contributed by atoms with Gasteiger partial charge in [0.1, 0.15) is 12.4 Å². The van der Waals surface area contributed by atoms with Crippen LogP contribution in [0.2, 0.25) is 0 Å². The van der Waals surface area contributed by atoms with E-state index in [9.17, 15) is 9.59 Å². The molecule has 1 heterocycles. The number of nitrogens with zero attached hydrogens (tertiary/aromatic N) is 1. The van der Waals surface area contributed by atoms with Crippen molar-refractivity contribution in [3.8, 4) is 5.75 Å². The largest absolute Gasteiger partial charge is 0.487 e. The maximum absolute atomic E-state index is 12.2. The highest BCUT2D eigenvalue weighted by Crippen LogP contribution is 2.21. The first-order valence-electron chi connectivity index (χ1n) is 10.4. The van der Waals surface area contributed by atoms with Crippen molar-refractivity contribution in [2.75, 3.05) is 11.9 Å². The zero-order chi connectivity index (χ0) is 22.9. The second-order valence-electron chi connectivity index (χ2n) is 7.55. The van der Waals surface area contributed by atoms with Gasteiger partial charge in [-0.3, -0.25) is 14.6 Å². The molecule has 1 aromatic heterocycles. The second kappa shape index (κ2) is 10.9. The van der Waals surface area contributed by atoms with Gasteiger partial charge < -0.3 is 15.4 Å². The van der Waals surface area contributed by atoms with E-state index in [2.05, 4.69) is 15.6 Å². The zero-order valence-corrected chi connectivity index (χ0v) is 18.5. The number of aryl methyl sites for hydroxylation is 3. The van der Waals surface area contributed by atoms with Gasteiger partial charge >= 0.3 is 0 Å². The third kappa shape index (κ3) is 6.80. The molecule has 6 nitrogen and oxygen atoms in total. The number of amides is 2. The molecule has 0 aliphatic carbocycles. The Balaban J connectivity index is 1.45. The molecule has 0 aliphatic rings. The molecule has 6 heteroatoms. The van der Waals surface area contributed by atoms with Crippen molar-refractivity contribution >= 4 is 23.6 Å². The minimum Gasteiger partial charge on any atom is -0.487 e. The van der Waals surface area contributed by atoms with Crippen molar-refractivity contribution in [1.29, 1.82) is 0 Å². The van der Waals surface area contributed by atoms with E-state index in [0.29, 0.717) is 6.61 Å². The summed E-state index contributed by atoms with van der Waals surface area (Å²) in [7, 11) is 0. The first-order chi connectivity index (χ1) is 15.4. The van der Waals surface area contributed by atoms with E-state index in [1.807, 2.05) is 75.4 Å². The van der Waals surface area contributed by atoms with Crippen LogP contribution in [0.15, 0.2) is 66.9 Å². The summed E-state index contributed by atoms with van der Waals surface area (Å²) in [5, 5.41) is 5.47. The number of hydrogen-bond acceptors (Lipinski definition) is 4. The molecule has 0 unspecified atom stereocenters. The molecule has 32 heavy (non-hydrogen) atoms. The maximum atomic E-state index is 12.2. The lowest BCUT2D eigenvalue weighted by atomic mass is 10.1. The quantitative estimate of drug-likeness (QED) is 0.522. The second-order valence-corrected chi connectivity index (χ2v) is 7.55. The highest BCUT2D eigenvalue weighted by Gasteiger charge is 2.09. The molecule has 0 fully saturated rings. The number of carbonyl (C=O) groups is 2. The molecular weight excluding hydrogens is 402 g/mol. The summed E-state index contributed by atoms with van der Waals surface area (Å²) in [5.74, 6) is 0.111. The van der Waals surface area contributed by atoms with Gasteiger partial charge in [-0.15, -0.1) is 0 Å². The Bertz CT molecular complexity index is 1080. The molecule has 0 saturated heterocycles. The number of pyridine rings is 1. The van der Waals surface area contributed by atoms with Crippen LogP contribution in [0.5, 0.6) is 5.75 Å². The monoisotopic (exact) mass is 429 g/mol. The van der Waals surface area contributed by atoms with E-state index in [-0.39, 0.29) is 18.4 Å². The standard InChI is InChI=1S/C26H27N3O3/c1-18-14-19(2)26(20(3)15-18)29-25(31)16-28-24(30)12-9-21-7-10-23(11-8-21)32-17-22-6-4-5-13-27-22/h4-15H,16-17H2,1-3H3,(H,28,30)(H,29,31). The SMILES string of the molecule is Cc1cc(C)c(NC(=O)CNC(=O)C=Cc2ccc(OCc3ccccn3)cc2)c(C)c1. The van der Waals surface area contributed by atoms with E-state index in [1.165, 1.54) is 6.08 Å². The topological polar surface area (TPSA) is 80.3 Å². The molecule has 3 aromatic rings. The summed E-state index contributed by atoms with van der Waals surface area (Å²) in [6.07, 6.45) is 4.81. The number of carbonyl (C=O) groups excluding carboxylic acids is 2. The first-order valence-corrected chi connectivity index (χ1v) is 10.4. The summed E-state index contributed by atoms with van der Waals surface area (Å²) in [6.45, 7) is 6.21. The number of rotatable bonds is 8. The highest BCUT2D eigenvalue weighted by atomic mass is 16.5. The van der Waals surface area contributed by atoms with E-state index in [4.69, 9.17) is 4.74 Å². The number of nitrogens with one attached hydrogen (secondary N) is 2. The van der Waals surface area contributed by atoms with Gasteiger partial charge in [0.05, 0.1) is 12.2 Å². The van der Waals surface area contributed by atoms with Crippen LogP contribution in [0.25, 0.3) is 6.08 Å². The number of aromatic nitrogens is 1. The smallest absolute Gasteiger partial charge is 0.244 e. The van der Waals surface area contributed by atoms with Crippen molar-refractivity contribution in [2.45, 2.75) is 27.4 Å². The lowest BCUT2D eigenvalue weighted by Gasteiger charge is -2.13. The van der Waals surface area contributed by atoms with E-state index < -0.39 is 0 Å².